The predicted molar refractivity (Wildman–Crippen MR) is 69.1 cm³/mol. The molecule has 0 spiro atoms. The quantitative estimate of drug-likeness (QED) is 0.798. The molecule has 0 aromatic carbocycles. The zero-order chi connectivity index (χ0) is 11.4. The van der Waals surface area contributed by atoms with Gasteiger partial charge >= 0.3 is 0 Å². The lowest BCUT2D eigenvalue weighted by molar-refractivity contribution is 0.0853. The molecule has 1 aromatic rings. The van der Waals surface area contributed by atoms with Crippen LogP contribution in [0.3, 0.4) is 0 Å². The summed E-state index contributed by atoms with van der Waals surface area (Å²) in [7, 11) is 2.13. The van der Waals surface area contributed by atoms with Crippen LogP contribution in [0.2, 0.25) is 0 Å². The molecule has 1 aliphatic rings. The van der Waals surface area contributed by atoms with Gasteiger partial charge in [-0.2, -0.15) is 0 Å². The molecule has 0 aliphatic carbocycles. The molecule has 0 N–H and O–H groups in total. The van der Waals surface area contributed by atoms with E-state index in [1.807, 2.05) is 12.3 Å². The Kier molecular flexibility index (Phi) is 4.18. The zero-order valence-electron chi connectivity index (χ0n) is 9.53. The van der Waals surface area contributed by atoms with Crippen LogP contribution in [-0.4, -0.2) is 31.3 Å². The molecule has 0 bridgehead atoms. The number of anilines is 1. The van der Waals surface area contributed by atoms with E-state index in [1.54, 1.807) is 0 Å². The summed E-state index contributed by atoms with van der Waals surface area (Å²) in [5.74, 6) is 1.09. The highest BCUT2D eigenvalue weighted by molar-refractivity contribution is 9.08. The molecule has 88 valence electrons. The smallest absolute Gasteiger partial charge is 0.132 e. The Bertz CT molecular complexity index is 340. The van der Waals surface area contributed by atoms with Crippen molar-refractivity contribution in [1.82, 2.24) is 4.98 Å². The van der Waals surface area contributed by atoms with Crippen LogP contribution < -0.4 is 4.90 Å². The van der Waals surface area contributed by atoms with Gasteiger partial charge in [0.25, 0.3) is 0 Å². The second-order valence-corrected chi connectivity index (χ2v) is 4.63. The molecule has 1 aliphatic heterocycles. The molecule has 16 heavy (non-hydrogen) atoms. The molecule has 2 heterocycles. The molecule has 0 unspecified atom stereocenters. The highest BCUT2D eigenvalue weighted by atomic mass is 79.9. The maximum absolute atomic E-state index is 5.39. The summed E-state index contributed by atoms with van der Waals surface area (Å²) in [6, 6.07) is 4.66. The Hall–Kier alpha value is -0.610. The van der Waals surface area contributed by atoms with E-state index < -0.39 is 0 Å². The van der Waals surface area contributed by atoms with Crippen molar-refractivity contribution < 1.29 is 4.74 Å². The third-order valence-electron chi connectivity index (χ3n) is 3.08. The minimum atomic E-state index is 0.557. The summed E-state index contributed by atoms with van der Waals surface area (Å²) in [6.45, 7) is 1.73. The van der Waals surface area contributed by atoms with Crippen LogP contribution in [0.5, 0.6) is 0 Å². The number of pyridine rings is 1. The van der Waals surface area contributed by atoms with Gasteiger partial charge < -0.3 is 9.64 Å². The average Bonchev–Trinajstić information content (AvgIpc) is 2.39. The molecule has 0 saturated carbocycles. The van der Waals surface area contributed by atoms with Crippen molar-refractivity contribution in [3.05, 3.63) is 23.9 Å². The van der Waals surface area contributed by atoms with Crippen molar-refractivity contribution in [3.63, 3.8) is 0 Å². The van der Waals surface area contributed by atoms with E-state index in [4.69, 9.17) is 4.74 Å². The second-order valence-electron chi connectivity index (χ2n) is 4.07. The second kappa shape index (κ2) is 5.64. The number of nitrogens with zero attached hydrogens (tertiary/aromatic N) is 2. The van der Waals surface area contributed by atoms with E-state index >= 15 is 0 Å². The molecule has 3 nitrogen and oxygen atoms in total. The number of aromatic nitrogens is 1. The van der Waals surface area contributed by atoms with Gasteiger partial charge in [-0.25, -0.2) is 4.98 Å². The molecule has 4 heteroatoms. The fraction of sp³-hybridized carbons (Fsp3) is 0.583. The SMILES string of the molecule is CN(c1ncccc1CBr)C1CCOCC1. The molecule has 0 atom stereocenters. The van der Waals surface area contributed by atoms with Gasteiger partial charge in [0, 0.05) is 43.4 Å². The first kappa shape index (κ1) is 11.9. The van der Waals surface area contributed by atoms with E-state index in [-0.39, 0.29) is 0 Å². The van der Waals surface area contributed by atoms with Gasteiger partial charge in [-0.3, -0.25) is 0 Å². The summed E-state index contributed by atoms with van der Waals surface area (Å²) in [5, 5.41) is 0.851. The molecule has 1 saturated heterocycles. The Morgan fingerprint density at radius 3 is 2.94 bits per heavy atom. The first-order chi connectivity index (χ1) is 7.83. The number of hydrogen-bond donors (Lipinski definition) is 0. The van der Waals surface area contributed by atoms with E-state index in [2.05, 4.69) is 38.9 Å². The van der Waals surface area contributed by atoms with Crippen molar-refractivity contribution in [1.29, 1.82) is 0 Å². The Labute approximate surface area is 105 Å². The van der Waals surface area contributed by atoms with Gasteiger partial charge in [0.05, 0.1) is 0 Å². The molecule has 2 rings (SSSR count). The summed E-state index contributed by atoms with van der Waals surface area (Å²) in [6.07, 6.45) is 4.04. The molecule has 1 fully saturated rings. The third kappa shape index (κ3) is 2.55. The summed E-state index contributed by atoms with van der Waals surface area (Å²) < 4.78 is 5.39. The lowest BCUT2D eigenvalue weighted by Crippen LogP contribution is -2.37. The fourth-order valence-electron chi connectivity index (χ4n) is 2.10. The first-order valence-corrected chi connectivity index (χ1v) is 6.75. The third-order valence-corrected chi connectivity index (χ3v) is 3.69. The minimum Gasteiger partial charge on any atom is -0.381 e. The van der Waals surface area contributed by atoms with Gasteiger partial charge in [-0.1, -0.05) is 22.0 Å². The van der Waals surface area contributed by atoms with Gasteiger partial charge in [0.1, 0.15) is 5.82 Å². The van der Waals surface area contributed by atoms with Gasteiger partial charge in [0.2, 0.25) is 0 Å². The normalized spacial score (nSPS) is 17.4. The van der Waals surface area contributed by atoms with Crippen LogP contribution in [0.25, 0.3) is 0 Å². The summed E-state index contributed by atoms with van der Waals surface area (Å²) >= 11 is 3.51. The molecule has 0 amide bonds. The molecule has 0 radical (unpaired) electrons. The first-order valence-electron chi connectivity index (χ1n) is 5.63. The van der Waals surface area contributed by atoms with Crippen molar-refractivity contribution in [2.24, 2.45) is 0 Å². The van der Waals surface area contributed by atoms with Crippen LogP contribution in [0.15, 0.2) is 18.3 Å². The van der Waals surface area contributed by atoms with Crippen LogP contribution in [-0.2, 0) is 10.1 Å². The van der Waals surface area contributed by atoms with Crippen LogP contribution >= 0.6 is 15.9 Å². The number of hydrogen-bond acceptors (Lipinski definition) is 3. The van der Waals surface area contributed by atoms with E-state index in [9.17, 15) is 0 Å². The number of alkyl halides is 1. The van der Waals surface area contributed by atoms with E-state index in [0.717, 1.165) is 37.2 Å². The highest BCUT2D eigenvalue weighted by Crippen LogP contribution is 2.23. The van der Waals surface area contributed by atoms with Crippen LogP contribution in [0.4, 0.5) is 5.82 Å². The average molecular weight is 285 g/mol. The maximum Gasteiger partial charge on any atom is 0.132 e. The van der Waals surface area contributed by atoms with E-state index in [0.29, 0.717) is 6.04 Å². The fourth-order valence-corrected chi connectivity index (χ4v) is 2.54. The van der Waals surface area contributed by atoms with Crippen molar-refractivity contribution >= 4 is 21.7 Å². The number of rotatable bonds is 3. The maximum atomic E-state index is 5.39. The van der Waals surface area contributed by atoms with Crippen molar-refractivity contribution in [2.75, 3.05) is 25.2 Å². The molecular weight excluding hydrogens is 268 g/mol. The summed E-state index contributed by atoms with van der Waals surface area (Å²) in [4.78, 5) is 6.77. The number of ether oxygens (including phenoxy) is 1. The minimum absolute atomic E-state index is 0.557. The molecule has 1 aromatic heterocycles. The van der Waals surface area contributed by atoms with Crippen molar-refractivity contribution in [2.45, 2.75) is 24.2 Å². The van der Waals surface area contributed by atoms with Gasteiger partial charge in [-0.05, 0) is 18.9 Å². The topological polar surface area (TPSA) is 25.4 Å². The monoisotopic (exact) mass is 284 g/mol. The van der Waals surface area contributed by atoms with Gasteiger partial charge in [0.15, 0.2) is 0 Å². The van der Waals surface area contributed by atoms with Gasteiger partial charge in [-0.15, -0.1) is 0 Å². The zero-order valence-corrected chi connectivity index (χ0v) is 11.1. The van der Waals surface area contributed by atoms with Crippen molar-refractivity contribution in [3.8, 4) is 0 Å². The lowest BCUT2D eigenvalue weighted by atomic mass is 10.1. The van der Waals surface area contributed by atoms with Crippen LogP contribution in [0.1, 0.15) is 18.4 Å². The predicted octanol–water partition coefficient (Wildman–Crippen LogP) is 2.59. The number of halogens is 1. The van der Waals surface area contributed by atoms with E-state index in [1.165, 1.54) is 5.56 Å². The standard InChI is InChI=1S/C12H17BrN2O/c1-15(11-4-7-16-8-5-11)12-10(9-13)3-2-6-14-12/h2-3,6,11H,4-5,7-9H2,1H3. The lowest BCUT2D eigenvalue weighted by Gasteiger charge is -2.33. The Balaban J connectivity index is 2.15. The largest absolute Gasteiger partial charge is 0.381 e. The Morgan fingerprint density at radius 2 is 2.25 bits per heavy atom. The molecular formula is C12H17BrN2O. The Morgan fingerprint density at radius 1 is 1.50 bits per heavy atom. The summed E-state index contributed by atoms with van der Waals surface area (Å²) in [5.41, 5.74) is 1.25. The highest BCUT2D eigenvalue weighted by Gasteiger charge is 2.20. The van der Waals surface area contributed by atoms with Crippen LogP contribution in [0, 0.1) is 0 Å².